The molecule has 0 fully saturated rings. The summed E-state index contributed by atoms with van der Waals surface area (Å²) in [5.74, 6) is 0.598. The van der Waals surface area contributed by atoms with Crippen LogP contribution in [-0.2, 0) is 12.8 Å². The normalized spacial score (nSPS) is 15.3. The van der Waals surface area contributed by atoms with Crippen LogP contribution in [0.3, 0.4) is 0 Å². The monoisotopic (exact) mass is 263 g/mol. The second kappa shape index (κ2) is 6.06. The van der Waals surface area contributed by atoms with E-state index in [1.165, 1.54) is 22.3 Å². The number of benzene rings is 2. The van der Waals surface area contributed by atoms with Crippen LogP contribution in [0.5, 0.6) is 0 Å². The van der Waals surface area contributed by atoms with E-state index in [9.17, 15) is 0 Å². The lowest BCUT2D eigenvalue weighted by Crippen LogP contribution is -2.05. The van der Waals surface area contributed by atoms with Crippen molar-refractivity contribution in [3.63, 3.8) is 0 Å². The van der Waals surface area contributed by atoms with Gasteiger partial charge in [-0.15, -0.1) is 0 Å². The maximum atomic E-state index is 5.69. The van der Waals surface area contributed by atoms with Gasteiger partial charge in [0.25, 0.3) is 0 Å². The minimum Gasteiger partial charge on any atom is -0.330 e. The standard InChI is InChI=1S/C19H21N/c20-12-6-11-19(15-7-2-1-3-8-15)18-13-16-9-4-5-10-17(16)14-18/h1-5,7-11,18H,6,12-14,20H2. The molecule has 1 aliphatic carbocycles. The van der Waals surface area contributed by atoms with E-state index in [1.54, 1.807) is 0 Å². The van der Waals surface area contributed by atoms with Crippen LogP contribution in [0.1, 0.15) is 23.1 Å². The van der Waals surface area contributed by atoms with Crippen molar-refractivity contribution in [2.24, 2.45) is 11.7 Å². The quantitative estimate of drug-likeness (QED) is 0.891. The third-order valence-corrected chi connectivity index (χ3v) is 4.13. The van der Waals surface area contributed by atoms with Gasteiger partial charge < -0.3 is 5.73 Å². The van der Waals surface area contributed by atoms with Gasteiger partial charge in [-0.25, -0.2) is 0 Å². The van der Waals surface area contributed by atoms with E-state index in [-0.39, 0.29) is 0 Å². The number of rotatable bonds is 4. The zero-order valence-corrected chi connectivity index (χ0v) is 11.8. The van der Waals surface area contributed by atoms with Crippen molar-refractivity contribution in [1.82, 2.24) is 0 Å². The molecular formula is C19H21N. The maximum Gasteiger partial charge on any atom is -0.00424 e. The van der Waals surface area contributed by atoms with Crippen LogP contribution in [0.25, 0.3) is 5.57 Å². The van der Waals surface area contributed by atoms with E-state index in [0.29, 0.717) is 5.92 Å². The van der Waals surface area contributed by atoms with Gasteiger partial charge in [0.2, 0.25) is 0 Å². The highest BCUT2D eigenvalue weighted by molar-refractivity contribution is 5.69. The molecule has 0 amide bonds. The average molecular weight is 263 g/mol. The molecule has 0 unspecified atom stereocenters. The Labute approximate surface area is 121 Å². The van der Waals surface area contributed by atoms with Crippen LogP contribution in [0.4, 0.5) is 0 Å². The molecule has 2 aromatic carbocycles. The van der Waals surface area contributed by atoms with Crippen molar-refractivity contribution >= 4 is 5.57 Å². The van der Waals surface area contributed by atoms with Crippen molar-refractivity contribution in [2.75, 3.05) is 6.54 Å². The molecule has 20 heavy (non-hydrogen) atoms. The van der Waals surface area contributed by atoms with Gasteiger partial charge in [-0.3, -0.25) is 0 Å². The first-order chi connectivity index (χ1) is 9.88. The Morgan fingerprint density at radius 1 is 0.950 bits per heavy atom. The van der Waals surface area contributed by atoms with Crippen LogP contribution in [0.2, 0.25) is 0 Å². The summed E-state index contributed by atoms with van der Waals surface area (Å²) in [6.45, 7) is 0.718. The Morgan fingerprint density at radius 3 is 2.15 bits per heavy atom. The second-order valence-electron chi connectivity index (χ2n) is 5.48. The van der Waals surface area contributed by atoms with Crippen LogP contribution in [0, 0.1) is 5.92 Å². The largest absolute Gasteiger partial charge is 0.330 e. The Morgan fingerprint density at radius 2 is 1.55 bits per heavy atom. The van der Waals surface area contributed by atoms with Crippen molar-refractivity contribution in [2.45, 2.75) is 19.3 Å². The summed E-state index contributed by atoms with van der Waals surface area (Å²) < 4.78 is 0. The molecule has 0 bridgehead atoms. The topological polar surface area (TPSA) is 26.0 Å². The zero-order chi connectivity index (χ0) is 13.8. The number of nitrogens with two attached hydrogens (primary N) is 1. The molecule has 1 aliphatic rings. The molecule has 0 saturated heterocycles. The Bertz CT molecular complexity index is 573. The fraction of sp³-hybridized carbons (Fsp3) is 0.263. The fourth-order valence-corrected chi connectivity index (χ4v) is 3.17. The Hall–Kier alpha value is -1.86. The third kappa shape index (κ3) is 2.68. The van der Waals surface area contributed by atoms with Gasteiger partial charge >= 0.3 is 0 Å². The third-order valence-electron chi connectivity index (χ3n) is 4.13. The molecule has 0 aromatic heterocycles. The first-order valence-electron chi connectivity index (χ1n) is 7.41. The van der Waals surface area contributed by atoms with E-state index in [2.05, 4.69) is 60.7 Å². The number of allylic oxidation sites excluding steroid dienone is 1. The molecule has 0 aliphatic heterocycles. The number of hydrogen-bond acceptors (Lipinski definition) is 1. The molecule has 1 heteroatoms. The molecule has 0 spiro atoms. The minimum atomic E-state index is 0.598. The molecule has 0 atom stereocenters. The van der Waals surface area contributed by atoms with Gasteiger partial charge in [0.05, 0.1) is 0 Å². The van der Waals surface area contributed by atoms with Crippen LogP contribution < -0.4 is 5.73 Å². The van der Waals surface area contributed by atoms with E-state index in [1.807, 2.05) is 0 Å². The molecule has 0 radical (unpaired) electrons. The van der Waals surface area contributed by atoms with E-state index >= 15 is 0 Å². The molecule has 2 N–H and O–H groups in total. The number of hydrogen-bond donors (Lipinski definition) is 1. The smallest absolute Gasteiger partial charge is 0.00424 e. The lowest BCUT2D eigenvalue weighted by Gasteiger charge is -2.15. The second-order valence-corrected chi connectivity index (χ2v) is 5.48. The van der Waals surface area contributed by atoms with Crippen molar-refractivity contribution in [3.05, 3.63) is 77.4 Å². The van der Waals surface area contributed by atoms with Crippen LogP contribution in [-0.4, -0.2) is 6.54 Å². The summed E-state index contributed by atoms with van der Waals surface area (Å²) in [6.07, 6.45) is 5.60. The minimum absolute atomic E-state index is 0.598. The maximum absolute atomic E-state index is 5.69. The van der Waals surface area contributed by atoms with Crippen LogP contribution in [0.15, 0.2) is 60.7 Å². The molecule has 2 aromatic rings. The average Bonchev–Trinajstić information content (AvgIpc) is 2.92. The summed E-state index contributed by atoms with van der Waals surface area (Å²) in [4.78, 5) is 0. The zero-order valence-electron chi connectivity index (χ0n) is 11.8. The highest BCUT2D eigenvalue weighted by atomic mass is 14.5. The fourth-order valence-electron chi connectivity index (χ4n) is 3.17. The first-order valence-corrected chi connectivity index (χ1v) is 7.41. The van der Waals surface area contributed by atoms with Gasteiger partial charge in [-0.05, 0) is 54.0 Å². The van der Waals surface area contributed by atoms with Gasteiger partial charge in [-0.1, -0.05) is 60.7 Å². The van der Waals surface area contributed by atoms with Gasteiger partial charge in [0.1, 0.15) is 0 Å². The Balaban J connectivity index is 1.89. The molecule has 0 saturated carbocycles. The lowest BCUT2D eigenvalue weighted by atomic mass is 9.89. The summed E-state index contributed by atoms with van der Waals surface area (Å²) in [5.41, 5.74) is 11.5. The van der Waals surface area contributed by atoms with Crippen molar-refractivity contribution in [3.8, 4) is 0 Å². The summed E-state index contributed by atoms with van der Waals surface area (Å²) in [6, 6.07) is 19.6. The predicted octanol–water partition coefficient (Wildman–Crippen LogP) is 3.83. The highest BCUT2D eigenvalue weighted by Crippen LogP contribution is 2.36. The number of fused-ring (bicyclic) bond motifs is 1. The van der Waals surface area contributed by atoms with E-state index in [4.69, 9.17) is 5.73 Å². The van der Waals surface area contributed by atoms with E-state index in [0.717, 1.165) is 25.8 Å². The molecule has 1 nitrogen and oxygen atoms in total. The molecular weight excluding hydrogens is 242 g/mol. The molecule has 102 valence electrons. The van der Waals surface area contributed by atoms with Gasteiger partial charge in [-0.2, -0.15) is 0 Å². The van der Waals surface area contributed by atoms with Gasteiger partial charge in [0, 0.05) is 0 Å². The van der Waals surface area contributed by atoms with Crippen molar-refractivity contribution in [1.29, 1.82) is 0 Å². The molecule has 3 rings (SSSR count). The van der Waals surface area contributed by atoms with Crippen molar-refractivity contribution < 1.29 is 0 Å². The lowest BCUT2D eigenvalue weighted by molar-refractivity contribution is 0.721. The summed E-state index contributed by atoms with van der Waals surface area (Å²) >= 11 is 0. The summed E-state index contributed by atoms with van der Waals surface area (Å²) in [7, 11) is 0. The summed E-state index contributed by atoms with van der Waals surface area (Å²) in [5, 5.41) is 0. The SMILES string of the molecule is NCCC=C(c1ccccc1)C1Cc2ccccc2C1. The highest BCUT2D eigenvalue weighted by Gasteiger charge is 2.24. The predicted molar refractivity (Wildman–Crippen MR) is 85.4 cm³/mol. The first kappa shape index (κ1) is 13.1. The molecule has 0 heterocycles. The van der Waals surface area contributed by atoms with Crippen LogP contribution >= 0.6 is 0 Å². The Kier molecular flexibility index (Phi) is 3.98. The van der Waals surface area contributed by atoms with Gasteiger partial charge in [0.15, 0.2) is 0 Å². The van der Waals surface area contributed by atoms with E-state index < -0.39 is 0 Å².